The minimum Gasteiger partial charge on any atom is -0.496 e. The highest BCUT2D eigenvalue weighted by molar-refractivity contribution is 9.10. The number of ether oxygens (including phenoxy) is 1. The lowest BCUT2D eigenvalue weighted by Gasteiger charge is -2.09. The summed E-state index contributed by atoms with van der Waals surface area (Å²) in [5.74, 6) is 0.510. The van der Waals surface area contributed by atoms with Crippen molar-refractivity contribution in [3.8, 4) is 11.8 Å². The Morgan fingerprint density at radius 1 is 1.40 bits per heavy atom. The number of aromatic nitrogens is 1. The second kappa shape index (κ2) is 6.17. The van der Waals surface area contributed by atoms with Crippen LogP contribution in [0.25, 0.3) is 0 Å². The molecule has 100 valence electrons. The van der Waals surface area contributed by atoms with E-state index in [4.69, 9.17) is 10.00 Å². The first-order valence-corrected chi connectivity index (χ1v) is 6.44. The summed E-state index contributed by atoms with van der Waals surface area (Å²) in [6.45, 7) is 0. The van der Waals surface area contributed by atoms with Gasteiger partial charge in [0.1, 0.15) is 17.6 Å². The zero-order valence-electron chi connectivity index (χ0n) is 10.6. The third kappa shape index (κ3) is 3.13. The number of rotatable bonds is 3. The zero-order chi connectivity index (χ0) is 14.5. The molecule has 1 heterocycles. The standard InChI is InChI=1S/C14H10BrN3O2/c1-20-12-6-10(15)3-4-11(12)14(19)18-13-5-2-9(7-16)8-17-13/h2-6,8H,1H3,(H,17,18,19). The highest BCUT2D eigenvalue weighted by atomic mass is 79.9. The Morgan fingerprint density at radius 2 is 2.20 bits per heavy atom. The van der Waals surface area contributed by atoms with Gasteiger partial charge in [-0.05, 0) is 30.3 Å². The van der Waals surface area contributed by atoms with E-state index in [1.807, 2.05) is 6.07 Å². The second-order valence-corrected chi connectivity index (χ2v) is 4.76. The summed E-state index contributed by atoms with van der Waals surface area (Å²) in [5.41, 5.74) is 0.839. The molecule has 5 nitrogen and oxygen atoms in total. The quantitative estimate of drug-likeness (QED) is 0.938. The molecule has 20 heavy (non-hydrogen) atoms. The smallest absolute Gasteiger partial charge is 0.260 e. The maximum Gasteiger partial charge on any atom is 0.260 e. The van der Waals surface area contributed by atoms with Crippen LogP contribution in [0.15, 0.2) is 41.0 Å². The fraction of sp³-hybridized carbons (Fsp3) is 0.0714. The van der Waals surface area contributed by atoms with Gasteiger partial charge in [0.2, 0.25) is 0 Å². The number of hydrogen-bond donors (Lipinski definition) is 1. The van der Waals surface area contributed by atoms with E-state index in [0.717, 1.165) is 4.47 Å². The van der Waals surface area contributed by atoms with E-state index < -0.39 is 0 Å². The molecule has 1 N–H and O–H groups in total. The van der Waals surface area contributed by atoms with Gasteiger partial charge in [-0.15, -0.1) is 0 Å². The van der Waals surface area contributed by atoms with Crippen molar-refractivity contribution >= 4 is 27.7 Å². The van der Waals surface area contributed by atoms with Crippen LogP contribution < -0.4 is 10.1 Å². The van der Waals surface area contributed by atoms with Crippen molar-refractivity contribution in [1.29, 1.82) is 5.26 Å². The number of carbonyl (C=O) groups excluding carboxylic acids is 1. The van der Waals surface area contributed by atoms with Crippen molar-refractivity contribution < 1.29 is 9.53 Å². The number of pyridine rings is 1. The lowest BCUT2D eigenvalue weighted by atomic mass is 10.2. The molecule has 0 atom stereocenters. The first-order valence-electron chi connectivity index (χ1n) is 5.65. The van der Waals surface area contributed by atoms with E-state index in [0.29, 0.717) is 22.7 Å². The molecule has 0 saturated carbocycles. The molecule has 0 bridgehead atoms. The molecule has 0 saturated heterocycles. The number of methoxy groups -OCH3 is 1. The number of benzene rings is 1. The van der Waals surface area contributed by atoms with Gasteiger partial charge in [-0.2, -0.15) is 5.26 Å². The zero-order valence-corrected chi connectivity index (χ0v) is 12.1. The number of hydrogen-bond acceptors (Lipinski definition) is 4. The molecule has 2 rings (SSSR count). The van der Waals surface area contributed by atoms with Crippen molar-refractivity contribution in [3.05, 3.63) is 52.1 Å². The molecule has 0 unspecified atom stereocenters. The average Bonchev–Trinajstić information content (AvgIpc) is 2.47. The van der Waals surface area contributed by atoms with Crippen LogP contribution in [-0.2, 0) is 0 Å². The van der Waals surface area contributed by atoms with Gasteiger partial charge in [-0.1, -0.05) is 15.9 Å². The molecule has 6 heteroatoms. The Balaban J connectivity index is 2.21. The fourth-order valence-corrected chi connectivity index (χ4v) is 1.91. The van der Waals surface area contributed by atoms with Crippen LogP contribution in [0.1, 0.15) is 15.9 Å². The predicted molar refractivity (Wildman–Crippen MR) is 77.6 cm³/mol. The highest BCUT2D eigenvalue weighted by Crippen LogP contribution is 2.24. The van der Waals surface area contributed by atoms with Crippen LogP contribution in [0.2, 0.25) is 0 Å². The fourth-order valence-electron chi connectivity index (χ4n) is 1.57. The number of amides is 1. The lowest BCUT2D eigenvalue weighted by molar-refractivity contribution is 0.102. The molecular weight excluding hydrogens is 322 g/mol. The Kier molecular flexibility index (Phi) is 4.33. The third-order valence-electron chi connectivity index (χ3n) is 2.54. The summed E-state index contributed by atoms with van der Waals surface area (Å²) < 4.78 is 5.99. The van der Waals surface area contributed by atoms with Crippen LogP contribution in [-0.4, -0.2) is 18.0 Å². The first-order chi connectivity index (χ1) is 9.63. The molecule has 2 aromatic rings. The van der Waals surface area contributed by atoms with Gasteiger partial charge in [0.15, 0.2) is 0 Å². The number of nitriles is 1. The Labute approximate surface area is 124 Å². The molecule has 1 aromatic carbocycles. The van der Waals surface area contributed by atoms with Crippen LogP contribution in [0.4, 0.5) is 5.82 Å². The summed E-state index contributed by atoms with van der Waals surface area (Å²) >= 11 is 3.31. The first kappa shape index (κ1) is 14.0. The lowest BCUT2D eigenvalue weighted by Crippen LogP contribution is -2.14. The number of carbonyl (C=O) groups is 1. The summed E-state index contributed by atoms with van der Waals surface area (Å²) in [5, 5.41) is 11.3. The Hall–Kier alpha value is -2.39. The third-order valence-corrected chi connectivity index (χ3v) is 3.04. The van der Waals surface area contributed by atoms with Crippen molar-refractivity contribution in [1.82, 2.24) is 4.98 Å². The molecule has 0 spiro atoms. The molecule has 0 aliphatic heterocycles. The Morgan fingerprint density at radius 3 is 2.80 bits per heavy atom. The Bertz CT molecular complexity index is 678. The topological polar surface area (TPSA) is 75.0 Å². The number of halogens is 1. The maximum absolute atomic E-state index is 12.1. The van der Waals surface area contributed by atoms with E-state index >= 15 is 0 Å². The molecular formula is C14H10BrN3O2. The van der Waals surface area contributed by atoms with Gasteiger partial charge < -0.3 is 10.1 Å². The van der Waals surface area contributed by atoms with Crippen molar-refractivity contribution in [2.45, 2.75) is 0 Å². The number of nitrogens with zero attached hydrogens (tertiary/aromatic N) is 2. The molecule has 1 aromatic heterocycles. The largest absolute Gasteiger partial charge is 0.496 e. The molecule has 1 amide bonds. The van der Waals surface area contributed by atoms with Gasteiger partial charge >= 0.3 is 0 Å². The summed E-state index contributed by atoms with van der Waals surface area (Å²) in [4.78, 5) is 16.1. The average molecular weight is 332 g/mol. The molecule has 0 aliphatic rings. The van der Waals surface area contributed by atoms with E-state index in [1.165, 1.54) is 13.3 Å². The number of nitrogens with one attached hydrogen (secondary N) is 1. The van der Waals surface area contributed by atoms with Crippen LogP contribution in [0, 0.1) is 11.3 Å². The molecule has 0 aliphatic carbocycles. The number of anilines is 1. The van der Waals surface area contributed by atoms with E-state index in [-0.39, 0.29) is 5.91 Å². The van der Waals surface area contributed by atoms with Crippen molar-refractivity contribution in [3.63, 3.8) is 0 Å². The van der Waals surface area contributed by atoms with Gasteiger partial charge in [0, 0.05) is 10.7 Å². The normalized spacial score (nSPS) is 9.65. The van der Waals surface area contributed by atoms with Gasteiger partial charge in [0.25, 0.3) is 5.91 Å². The van der Waals surface area contributed by atoms with E-state index in [2.05, 4.69) is 26.2 Å². The molecule has 0 fully saturated rings. The summed E-state index contributed by atoms with van der Waals surface area (Å²) in [6.07, 6.45) is 1.40. The van der Waals surface area contributed by atoms with Crippen molar-refractivity contribution in [2.75, 3.05) is 12.4 Å². The van der Waals surface area contributed by atoms with Gasteiger partial charge in [0.05, 0.1) is 18.2 Å². The van der Waals surface area contributed by atoms with Crippen molar-refractivity contribution in [2.24, 2.45) is 0 Å². The van der Waals surface area contributed by atoms with Gasteiger partial charge in [-0.25, -0.2) is 4.98 Å². The highest BCUT2D eigenvalue weighted by Gasteiger charge is 2.13. The minimum atomic E-state index is -0.327. The minimum absolute atomic E-state index is 0.327. The summed E-state index contributed by atoms with van der Waals surface area (Å²) in [6, 6.07) is 10.2. The van der Waals surface area contributed by atoms with E-state index in [9.17, 15) is 4.79 Å². The second-order valence-electron chi connectivity index (χ2n) is 3.84. The maximum atomic E-state index is 12.1. The van der Waals surface area contributed by atoms with Crippen LogP contribution in [0.3, 0.4) is 0 Å². The SMILES string of the molecule is COc1cc(Br)ccc1C(=O)Nc1ccc(C#N)cn1. The monoisotopic (exact) mass is 331 g/mol. The van der Waals surface area contributed by atoms with E-state index in [1.54, 1.807) is 30.3 Å². The van der Waals surface area contributed by atoms with Crippen LogP contribution >= 0.6 is 15.9 Å². The van der Waals surface area contributed by atoms with Gasteiger partial charge in [-0.3, -0.25) is 4.79 Å². The van der Waals surface area contributed by atoms with Crippen LogP contribution in [0.5, 0.6) is 5.75 Å². The molecule has 0 radical (unpaired) electrons. The summed E-state index contributed by atoms with van der Waals surface area (Å²) in [7, 11) is 1.50. The predicted octanol–water partition coefficient (Wildman–Crippen LogP) is 2.98.